The van der Waals surface area contributed by atoms with Crippen molar-refractivity contribution in [3.8, 4) is 0 Å². The summed E-state index contributed by atoms with van der Waals surface area (Å²) >= 11 is 6.03. The summed E-state index contributed by atoms with van der Waals surface area (Å²) in [4.78, 5) is 24.8. The van der Waals surface area contributed by atoms with Gasteiger partial charge < -0.3 is 10.6 Å². The van der Waals surface area contributed by atoms with Gasteiger partial charge in [0.25, 0.3) is 5.91 Å². The van der Waals surface area contributed by atoms with Gasteiger partial charge in [0.15, 0.2) is 0 Å². The first-order valence-corrected chi connectivity index (χ1v) is 8.40. The molecule has 2 amide bonds. The maximum Gasteiger partial charge on any atom is 0.257 e. The van der Waals surface area contributed by atoms with Crippen LogP contribution in [0.2, 0.25) is 5.02 Å². The van der Waals surface area contributed by atoms with Crippen molar-refractivity contribution in [2.24, 2.45) is 5.92 Å². The van der Waals surface area contributed by atoms with E-state index in [-0.39, 0.29) is 5.92 Å². The van der Waals surface area contributed by atoms with E-state index < -0.39 is 35.1 Å². The molecule has 0 bridgehead atoms. The summed E-state index contributed by atoms with van der Waals surface area (Å²) in [7, 11) is 0. The van der Waals surface area contributed by atoms with Crippen LogP contribution in [0.3, 0.4) is 0 Å². The number of carbonyl (C=O) groups is 2. The predicted molar refractivity (Wildman–Crippen MR) is 97.3 cm³/mol. The second-order valence-corrected chi connectivity index (χ2v) is 6.65. The van der Waals surface area contributed by atoms with Gasteiger partial charge in [-0.15, -0.1) is 0 Å². The van der Waals surface area contributed by atoms with Crippen molar-refractivity contribution in [3.63, 3.8) is 0 Å². The third kappa shape index (κ3) is 4.58. The first kappa shape index (κ1) is 19.8. The lowest BCUT2D eigenvalue weighted by atomic mass is 10.0. The molecule has 0 saturated heterocycles. The minimum Gasteiger partial charge on any atom is -0.340 e. The van der Waals surface area contributed by atoms with E-state index in [0.717, 1.165) is 23.8 Å². The van der Waals surface area contributed by atoms with Crippen molar-refractivity contribution >= 4 is 29.1 Å². The monoisotopic (exact) mass is 380 g/mol. The zero-order valence-electron chi connectivity index (χ0n) is 14.6. The number of anilines is 1. The number of amides is 2. The lowest BCUT2D eigenvalue weighted by Gasteiger charge is -2.22. The fourth-order valence-electron chi connectivity index (χ4n) is 2.35. The molecular weight excluding hydrogens is 362 g/mol. The van der Waals surface area contributed by atoms with E-state index in [0.29, 0.717) is 10.7 Å². The lowest BCUT2D eigenvalue weighted by Crippen LogP contribution is -2.47. The maximum atomic E-state index is 13.8. The highest BCUT2D eigenvalue weighted by atomic mass is 35.5. The van der Waals surface area contributed by atoms with Crippen LogP contribution in [0.4, 0.5) is 14.5 Å². The Kier molecular flexibility index (Phi) is 6.32. The van der Waals surface area contributed by atoms with E-state index in [2.05, 4.69) is 10.6 Å². The highest BCUT2D eigenvalue weighted by Crippen LogP contribution is 2.20. The van der Waals surface area contributed by atoms with Gasteiger partial charge in [0, 0.05) is 10.7 Å². The van der Waals surface area contributed by atoms with Gasteiger partial charge in [0.1, 0.15) is 23.2 Å². The van der Waals surface area contributed by atoms with Gasteiger partial charge in [-0.1, -0.05) is 37.6 Å². The molecule has 26 heavy (non-hydrogen) atoms. The average molecular weight is 381 g/mol. The smallest absolute Gasteiger partial charge is 0.257 e. The first-order valence-electron chi connectivity index (χ1n) is 8.02. The van der Waals surface area contributed by atoms with Crippen molar-refractivity contribution in [2.45, 2.75) is 26.8 Å². The Balaban J connectivity index is 2.18. The molecule has 0 aromatic heterocycles. The number of benzene rings is 2. The van der Waals surface area contributed by atoms with Gasteiger partial charge in [0.05, 0.1) is 0 Å². The third-order valence-electron chi connectivity index (χ3n) is 3.86. The second-order valence-electron chi connectivity index (χ2n) is 6.25. The zero-order chi connectivity index (χ0) is 19.4. The number of hydrogen-bond acceptors (Lipinski definition) is 2. The summed E-state index contributed by atoms with van der Waals surface area (Å²) < 4.78 is 27.5. The molecule has 0 saturated carbocycles. The van der Waals surface area contributed by atoms with Crippen LogP contribution in [0.5, 0.6) is 0 Å². The Labute approximate surface area is 155 Å². The Bertz CT molecular complexity index is 820. The van der Waals surface area contributed by atoms with Crippen LogP contribution < -0.4 is 10.6 Å². The van der Waals surface area contributed by atoms with Crippen LogP contribution in [-0.4, -0.2) is 17.9 Å². The van der Waals surface area contributed by atoms with Gasteiger partial charge in [-0.3, -0.25) is 9.59 Å². The van der Waals surface area contributed by atoms with E-state index in [4.69, 9.17) is 11.6 Å². The standard InChI is InChI=1S/C19H19ClF2N2O2/c1-10(2)17(19(26)23-12-8-7-11(3)13(20)9-12)24-18(25)16-14(21)5-4-6-15(16)22/h4-10,17H,1-3H3,(H,23,26)(H,24,25)/t17-/m1/s1. The number of carbonyl (C=O) groups excluding carboxylic acids is 2. The summed E-state index contributed by atoms with van der Waals surface area (Å²) in [5.41, 5.74) is 0.598. The van der Waals surface area contributed by atoms with E-state index in [1.54, 1.807) is 32.0 Å². The molecule has 0 fully saturated rings. The van der Waals surface area contributed by atoms with Crippen LogP contribution in [0.25, 0.3) is 0 Å². The van der Waals surface area contributed by atoms with Crippen LogP contribution in [0.1, 0.15) is 29.8 Å². The van der Waals surface area contributed by atoms with Crippen LogP contribution in [-0.2, 0) is 4.79 Å². The van der Waals surface area contributed by atoms with Gasteiger partial charge in [-0.05, 0) is 42.7 Å². The van der Waals surface area contributed by atoms with E-state index in [1.807, 2.05) is 6.92 Å². The number of halogens is 3. The predicted octanol–water partition coefficient (Wildman–Crippen LogP) is 4.32. The Morgan fingerprint density at radius 3 is 2.23 bits per heavy atom. The second kappa shape index (κ2) is 8.27. The third-order valence-corrected chi connectivity index (χ3v) is 4.27. The van der Waals surface area contributed by atoms with Crippen LogP contribution in [0, 0.1) is 24.5 Å². The van der Waals surface area contributed by atoms with Crippen molar-refractivity contribution in [1.82, 2.24) is 5.32 Å². The fraction of sp³-hybridized carbons (Fsp3) is 0.263. The molecule has 4 nitrogen and oxygen atoms in total. The molecule has 2 aromatic rings. The molecule has 0 unspecified atom stereocenters. The number of nitrogens with one attached hydrogen (secondary N) is 2. The summed E-state index contributed by atoms with van der Waals surface area (Å²) in [5, 5.41) is 5.54. The maximum absolute atomic E-state index is 13.8. The Morgan fingerprint density at radius 2 is 1.69 bits per heavy atom. The molecule has 0 aliphatic carbocycles. The molecule has 0 aliphatic heterocycles. The van der Waals surface area contributed by atoms with Gasteiger partial charge in [0.2, 0.25) is 5.91 Å². The molecular formula is C19H19ClF2N2O2. The lowest BCUT2D eigenvalue weighted by molar-refractivity contribution is -0.118. The molecule has 1 atom stereocenters. The van der Waals surface area contributed by atoms with E-state index in [9.17, 15) is 18.4 Å². The zero-order valence-corrected chi connectivity index (χ0v) is 15.3. The molecule has 138 valence electrons. The molecule has 0 aliphatic rings. The Hall–Kier alpha value is -2.47. The Morgan fingerprint density at radius 1 is 1.08 bits per heavy atom. The van der Waals surface area contributed by atoms with Gasteiger partial charge in [-0.2, -0.15) is 0 Å². The number of hydrogen-bond donors (Lipinski definition) is 2. The largest absolute Gasteiger partial charge is 0.340 e. The topological polar surface area (TPSA) is 58.2 Å². The van der Waals surface area contributed by atoms with E-state index >= 15 is 0 Å². The molecule has 2 N–H and O–H groups in total. The minimum atomic E-state index is -0.990. The normalized spacial score (nSPS) is 12.0. The van der Waals surface area contributed by atoms with Gasteiger partial charge in [-0.25, -0.2) is 8.78 Å². The molecule has 0 spiro atoms. The van der Waals surface area contributed by atoms with Crippen molar-refractivity contribution in [1.29, 1.82) is 0 Å². The minimum absolute atomic E-state index is 0.310. The first-order chi connectivity index (χ1) is 12.2. The molecule has 0 heterocycles. The fourth-order valence-corrected chi connectivity index (χ4v) is 2.53. The quantitative estimate of drug-likeness (QED) is 0.811. The highest BCUT2D eigenvalue weighted by molar-refractivity contribution is 6.31. The summed E-state index contributed by atoms with van der Waals surface area (Å²) in [5.74, 6) is -3.79. The van der Waals surface area contributed by atoms with E-state index in [1.165, 1.54) is 0 Å². The molecule has 2 rings (SSSR count). The number of rotatable bonds is 5. The van der Waals surface area contributed by atoms with Crippen molar-refractivity contribution in [3.05, 3.63) is 64.2 Å². The number of aryl methyl sites for hydroxylation is 1. The van der Waals surface area contributed by atoms with Crippen molar-refractivity contribution in [2.75, 3.05) is 5.32 Å². The highest BCUT2D eigenvalue weighted by Gasteiger charge is 2.27. The van der Waals surface area contributed by atoms with Gasteiger partial charge >= 0.3 is 0 Å². The summed E-state index contributed by atoms with van der Waals surface area (Å²) in [6.45, 7) is 5.25. The molecule has 0 radical (unpaired) electrons. The van der Waals surface area contributed by atoms with Crippen LogP contribution >= 0.6 is 11.6 Å². The SMILES string of the molecule is Cc1ccc(NC(=O)[C@H](NC(=O)c2c(F)cccc2F)C(C)C)cc1Cl. The van der Waals surface area contributed by atoms with Crippen LogP contribution in [0.15, 0.2) is 36.4 Å². The average Bonchev–Trinajstić information content (AvgIpc) is 2.55. The summed E-state index contributed by atoms with van der Waals surface area (Å²) in [6.07, 6.45) is 0. The summed E-state index contributed by atoms with van der Waals surface area (Å²) in [6, 6.07) is 7.15. The molecule has 7 heteroatoms. The van der Waals surface area contributed by atoms with Crippen molar-refractivity contribution < 1.29 is 18.4 Å². The molecule has 2 aromatic carbocycles.